The summed E-state index contributed by atoms with van der Waals surface area (Å²) in [5.74, 6) is 2.72. The third-order valence-corrected chi connectivity index (χ3v) is 8.26. The third-order valence-electron chi connectivity index (χ3n) is 8.26. The first-order valence-corrected chi connectivity index (χ1v) is 13.4. The van der Waals surface area contributed by atoms with E-state index in [1.165, 1.54) is 87.2 Å². The highest BCUT2D eigenvalue weighted by Gasteiger charge is 2.33. The number of hydrogen-bond acceptors (Lipinski definition) is 1. The first-order valence-electron chi connectivity index (χ1n) is 13.4. The molecule has 1 aliphatic carbocycles. The van der Waals surface area contributed by atoms with Crippen molar-refractivity contribution in [2.45, 2.75) is 79.1 Å². The van der Waals surface area contributed by atoms with Crippen LogP contribution in [0.15, 0.2) is 42.6 Å². The fourth-order valence-electron chi connectivity index (χ4n) is 6.53. The Hall–Kier alpha value is -2.87. The van der Waals surface area contributed by atoms with E-state index in [-0.39, 0.29) is 5.41 Å². The minimum Gasteiger partial charge on any atom is -0.449 e. The van der Waals surface area contributed by atoms with Gasteiger partial charge in [-0.05, 0) is 90.3 Å². The summed E-state index contributed by atoms with van der Waals surface area (Å²) in [6, 6.07) is 14.2. The number of aromatic nitrogens is 1. The number of rotatable bonds is 2. The Morgan fingerprint density at radius 2 is 1.71 bits per heavy atom. The Bertz CT molecular complexity index is 1480. The van der Waals surface area contributed by atoms with Crippen LogP contribution in [-0.2, 0) is 13.5 Å². The summed E-state index contributed by atoms with van der Waals surface area (Å²) in [6.45, 7) is 11.5. The molecule has 3 aromatic carbocycles. The highest BCUT2D eigenvalue weighted by atomic mass is 16.5. The first-order chi connectivity index (χ1) is 16.7. The van der Waals surface area contributed by atoms with Crippen LogP contribution in [0.3, 0.4) is 0 Å². The van der Waals surface area contributed by atoms with E-state index in [2.05, 4.69) is 88.8 Å². The molecule has 0 unspecified atom stereocenters. The van der Waals surface area contributed by atoms with Gasteiger partial charge in [-0.3, -0.25) is 0 Å². The summed E-state index contributed by atoms with van der Waals surface area (Å²) in [5, 5.41) is 5.06. The van der Waals surface area contributed by atoms with Gasteiger partial charge in [0.25, 0.3) is 5.69 Å². The molecule has 2 aliphatic rings. The Kier molecular flexibility index (Phi) is 5.22. The molecule has 1 aromatic heterocycles. The van der Waals surface area contributed by atoms with Crippen molar-refractivity contribution in [2.24, 2.45) is 12.5 Å². The summed E-state index contributed by atoms with van der Waals surface area (Å²) in [5.41, 5.74) is 8.30. The molecule has 2 heterocycles. The molecular weight excluding hydrogens is 426 g/mol. The van der Waals surface area contributed by atoms with E-state index >= 15 is 0 Å². The van der Waals surface area contributed by atoms with Crippen LogP contribution in [0.4, 0.5) is 0 Å². The van der Waals surface area contributed by atoms with Gasteiger partial charge in [-0.15, -0.1) is 0 Å². The minimum atomic E-state index is 0.226. The summed E-state index contributed by atoms with van der Waals surface area (Å²) in [6.07, 6.45) is 10.0. The number of fused-ring (bicyclic) bond motifs is 4. The van der Waals surface area contributed by atoms with Crippen LogP contribution >= 0.6 is 0 Å². The number of aryl methyl sites for hydroxylation is 2. The van der Waals surface area contributed by atoms with Gasteiger partial charge in [-0.2, -0.15) is 4.57 Å². The zero-order valence-electron chi connectivity index (χ0n) is 22.2. The molecule has 1 aliphatic heterocycles. The van der Waals surface area contributed by atoms with Gasteiger partial charge >= 0.3 is 0 Å². The maximum atomic E-state index is 6.92. The second kappa shape index (κ2) is 8.08. The van der Waals surface area contributed by atoms with Gasteiger partial charge in [0.2, 0.25) is 5.75 Å². The second-order valence-electron chi connectivity index (χ2n) is 12.3. The van der Waals surface area contributed by atoms with Crippen LogP contribution in [0.2, 0.25) is 0 Å². The first kappa shape index (κ1) is 22.6. The highest BCUT2D eigenvalue weighted by Crippen LogP contribution is 2.50. The third kappa shape index (κ3) is 3.82. The van der Waals surface area contributed by atoms with E-state index in [4.69, 9.17) is 4.74 Å². The SMILES string of the molecule is Cc1cc2cc(CC(C)(C)C)cc3c2c(c1C)-c1c(c2cc(C4CCCCC4)ccc2c[n+]1C)O3. The summed E-state index contributed by atoms with van der Waals surface area (Å²) >= 11 is 0. The topological polar surface area (TPSA) is 13.1 Å². The fourth-order valence-corrected chi connectivity index (χ4v) is 6.53. The molecule has 2 heteroatoms. The van der Waals surface area contributed by atoms with Crippen LogP contribution in [0, 0.1) is 19.3 Å². The lowest BCUT2D eigenvalue weighted by molar-refractivity contribution is -0.659. The average molecular weight is 465 g/mol. The predicted octanol–water partition coefficient (Wildman–Crippen LogP) is 8.84. The van der Waals surface area contributed by atoms with Crippen molar-refractivity contribution in [1.82, 2.24) is 0 Å². The molecule has 0 radical (unpaired) electrons. The molecule has 0 bridgehead atoms. The van der Waals surface area contributed by atoms with Crippen molar-refractivity contribution in [1.29, 1.82) is 0 Å². The average Bonchev–Trinajstić information content (AvgIpc) is 2.81. The normalized spacial score (nSPS) is 15.9. The van der Waals surface area contributed by atoms with Crippen LogP contribution in [0.1, 0.15) is 81.0 Å². The Labute approximate surface area is 209 Å². The van der Waals surface area contributed by atoms with E-state index in [1.807, 2.05) is 0 Å². The Morgan fingerprint density at radius 3 is 2.46 bits per heavy atom. The monoisotopic (exact) mass is 464 g/mol. The molecule has 0 amide bonds. The Balaban J connectivity index is 1.62. The molecule has 2 nitrogen and oxygen atoms in total. The van der Waals surface area contributed by atoms with E-state index in [0.29, 0.717) is 5.92 Å². The lowest BCUT2D eigenvalue weighted by Crippen LogP contribution is -2.32. The quantitative estimate of drug-likeness (QED) is 0.238. The van der Waals surface area contributed by atoms with Gasteiger partial charge in [-0.1, -0.05) is 58.2 Å². The molecule has 0 saturated heterocycles. The largest absolute Gasteiger partial charge is 0.449 e. The number of hydrogen-bond donors (Lipinski definition) is 0. The van der Waals surface area contributed by atoms with Gasteiger partial charge < -0.3 is 4.74 Å². The lowest BCUT2D eigenvalue weighted by atomic mass is 9.83. The van der Waals surface area contributed by atoms with Crippen molar-refractivity contribution in [3.8, 4) is 22.8 Å². The molecule has 0 atom stereocenters. The fraction of sp³-hybridized carbons (Fsp3) is 0.424. The summed E-state index contributed by atoms with van der Waals surface area (Å²) in [4.78, 5) is 0. The van der Waals surface area contributed by atoms with Crippen LogP contribution < -0.4 is 9.30 Å². The van der Waals surface area contributed by atoms with E-state index < -0.39 is 0 Å². The van der Waals surface area contributed by atoms with Crippen molar-refractivity contribution >= 4 is 21.5 Å². The van der Waals surface area contributed by atoms with Gasteiger partial charge in [0.05, 0.1) is 5.56 Å². The molecule has 0 spiro atoms. The maximum absolute atomic E-state index is 6.92. The minimum absolute atomic E-state index is 0.226. The van der Waals surface area contributed by atoms with E-state index in [0.717, 1.165) is 17.9 Å². The molecule has 180 valence electrons. The van der Waals surface area contributed by atoms with E-state index in [9.17, 15) is 0 Å². The molecular formula is C33H38NO+. The van der Waals surface area contributed by atoms with Crippen molar-refractivity contribution in [3.63, 3.8) is 0 Å². The summed E-state index contributed by atoms with van der Waals surface area (Å²) in [7, 11) is 2.17. The van der Waals surface area contributed by atoms with Crippen molar-refractivity contribution < 1.29 is 9.30 Å². The molecule has 1 fully saturated rings. The number of nitrogens with zero attached hydrogens (tertiary/aromatic N) is 1. The second-order valence-corrected chi connectivity index (χ2v) is 12.3. The van der Waals surface area contributed by atoms with Crippen molar-refractivity contribution in [3.05, 3.63) is 64.8 Å². The zero-order chi connectivity index (χ0) is 24.5. The highest BCUT2D eigenvalue weighted by molar-refractivity contribution is 6.07. The van der Waals surface area contributed by atoms with Crippen LogP contribution in [0.5, 0.6) is 11.5 Å². The molecule has 1 saturated carbocycles. The van der Waals surface area contributed by atoms with E-state index in [1.54, 1.807) is 0 Å². The molecule has 0 N–H and O–H groups in total. The molecule has 6 rings (SSSR count). The standard InChI is InChI=1S/C33H38NO/c1-20-14-26-15-22(18-33(3,4)5)16-28-30(26)29(21(20)2)31-32(35-28)27-17-24(23-10-8-7-9-11-23)12-13-25(27)19-34(31)6/h12-17,19,23H,7-11,18H2,1-6H3/q+1. The lowest BCUT2D eigenvalue weighted by Gasteiger charge is -2.26. The molecule has 4 aromatic rings. The van der Waals surface area contributed by atoms with Crippen LogP contribution in [0.25, 0.3) is 32.8 Å². The number of ether oxygens (including phenoxy) is 1. The van der Waals surface area contributed by atoms with Crippen LogP contribution in [-0.4, -0.2) is 0 Å². The maximum Gasteiger partial charge on any atom is 0.257 e. The van der Waals surface area contributed by atoms with Gasteiger partial charge in [0.1, 0.15) is 12.8 Å². The predicted molar refractivity (Wildman–Crippen MR) is 147 cm³/mol. The summed E-state index contributed by atoms with van der Waals surface area (Å²) < 4.78 is 9.20. The van der Waals surface area contributed by atoms with Gasteiger partial charge in [0.15, 0.2) is 6.20 Å². The van der Waals surface area contributed by atoms with Gasteiger partial charge in [-0.25, -0.2) is 0 Å². The number of pyridine rings is 1. The smallest absolute Gasteiger partial charge is 0.257 e. The Morgan fingerprint density at radius 1 is 0.943 bits per heavy atom. The number of benzene rings is 3. The molecule has 35 heavy (non-hydrogen) atoms. The van der Waals surface area contributed by atoms with Gasteiger partial charge in [0, 0.05) is 16.2 Å². The van der Waals surface area contributed by atoms with Crippen molar-refractivity contribution in [2.75, 3.05) is 0 Å². The zero-order valence-corrected chi connectivity index (χ0v) is 22.2.